The number of aromatic nitrogens is 1. The third-order valence-electron chi connectivity index (χ3n) is 4.71. The second-order valence-electron chi connectivity index (χ2n) is 5.78. The number of nitrogens with zero attached hydrogens (tertiary/aromatic N) is 2. The van der Waals surface area contributed by atoms with Crippen molar-refractivity contribution in [1.82, 2.24) is 9.88 Å². The van der Waals surface area contributed by atoms with Crippen LogP contribution in [-0.4, -0.2) is 36.1 Å². The van der Waals surface area contributed by atoms with E-state index in [1.807, 2.05) is 5.51 Å². The molecule has 3 aliphatic rings. The second-order valence-corrected chi connectivity index (χ2v) is 6.67. The average molecular weight is 273 g/mol. The maximum Gasteiger partial charge on any atom is 0.104 e. The fourth-order valence-corrected chi connectivity index (χ4v) is 4.29. The van der Waals surface area contributed by atoms with Gasteiger partial charge in [0.1, 0.15) is 5.52 Å². The van der Waals surface area contributed by atoms with E-state index in [0.717, 1.165) is 23.9 Å². The molecule has 3 saturated heterocycles. The van der Waals surface area contributed by atoms with Gasteiger partial charge in [0, 0.05) is 13.1 Å². The lowest BCUT2D eigenvalue weighted by atomic mass is 9.79. The number of thiazole rings is 1. The number of benzene rings is 1. The molecule has 3 nitrogen and oxygen atoms in total. The molecule has 19 heavy (non-hydrogen) atoms. The number of nitrogens with one attached hydrogen (secondary N) is 1. The Labute approximate surface area is 117 Å². The van der Waals surface area contributed by atoms with Gasteiger partial charge in [-0.1, -0.05) is 6.07 Å². The lowest BCUT2D eigenvalue weighted by molar-refractivity contribution is 0.0574. The maximum absolute atomic E-state index is 4.48. The molecule has 5 rings (SSSR count). The molecule has 1 aromatic heterocycles. The number of para-hydroxylation sites is 1. The first-order valence-electron chi connectivity index (χ1n) is 7.18. The number of piperidine rings is 3. The SMILES string of the molecule is c1cc(NC[C@H]2CN3CCC2CC3)c2ncsc2c1. The molecule has 1 atom stereocenters. The highest BCUT2D eigenvalue weighted by Crippen LogP contribution is 2.33. The normalized spacial score (nSPS) is 29.8. The van der Waals surface area contributed by atoms with Crippen molar-refractivity contribution in [2.24, 2.45) is 11.8 Å². The molecule has 2 aromatic rings. The van der Waals surface area contributed by atoms with E-state index in [0.29, 0.717) is 0 Å². The standard InChI is InChI=1S/C15H19N3S/c1-2-13(15-14(3-1)19-10-17-15)16-8-12-9-18-6-4-11(12)5-7-18/h1-3,10-12,16H,4-9H2/t12-/m0/s1. The summed E-state index contributed by atoms with van der Waals surface area (Å²) in [7, 11) is 0. The highest BCUT2D eigenvalue weighted by atomic mass is 32.1. The van der Waals surface area contributed by atoms with E-state index in [2.05, 4.69) is 33.4 Å². The summed E-state index contributed by atoms with van der Waals surface area (Å²) in [5.74, 6) is 1.75. The molecule has 0 radical (unpaired) electrons. The number of hydrogen-bond acceptors (Lipinski definition) is 4. The Balaban J connectivity index is 1.49. The predicted octanol–water partition coefficient (Wildman–Crippen LogP) is 3.05. The van der Waals surface area contributed by atoms with Crippen LogP contribution in [0.3, 0.4) is 0 Å². The molecular formula is C15H19N3S. The first-order valence-corrected chi connectivity index (χ1v) is 8.06. The highest BCUT2D eigenvalue weighted by Gasteiger charge is 2.33. The zero-order chi connectivity index (χ0) is 12.7. The van der Waals surface area contributed by atoms with Crippen LogP contribution in [0.2, 0.25) is 0 Å². The molecule has 3 fully saturated rings. The summed E-state index contributed by atoms with van der Waals surface area (Å²) in [5.41, 5.74) is 4.27. The van der Waals surface area contributed by atoms with Gasteiger partial charge < -0.3 is 10.2 Å². The van der Waals surface area contributed by atoms with Crippen molar-refractivity contribution in [3.63, 3.8) is 0 Å². The van der Waals surface area contributed by atoms with Crippen molar-refractivity contribution in [2.75, 3.05) is 31.5 Å². The fraction of sp³-hybridized carbons (Fsp3) is 0.533. The van der Waals surface area contributed by atoms with Gasteiger partial charge in [0.2, 0.25) is 0 Å². The van der Waals surface area contributed by atoms with Crippen LogP contribution in [0.5, 0.6) is 0 Å². The van der Waals surface area contributed by atoms with E-state index in [9.17, 15) is 0 Å². The Kier molecular flexibility index (Phi) is 2.93. The van der Waals surface area contributed by atoms with Crippen LogP contribution in [0.15, 0.2) is 23.7 Å². The average Bonchev–Trinajstić information content (AvgIpc) is 2.95. The highest BCUT2D eigenvalue weighted by molar-refractivity contribution is 7.16. The second kappa shape index (κ2) is 4.76. The van der Waals surface area contributed by atoms with Crippen LogP contribution in [0.25, 0.3) is 10.2 Å². The lowest BCUT2D eigenvalue weighted by Gasteiger charge is -2.45. The summed E-state index contributed by atoms with van der Waals surface area (Å²) in [5, 5.41) is 3.65. The Hall–Kier alpha value is -1.13. The molecular weight excluding hydrogens is 254 g/mol. The molecule has 4 heteroatoms. The minimum Gasteiger partial charge on any atom is -0.383 e. The van der Waals surface area contributed by atoms with Crippen LogP contribution in [0.1, 0.15) is 12.8 Å². The maximum atomic E-state index is 4.48. The Morgan fingerprint density at radius 1 is 1.32 bits per heavy atom. The van der Waals surface area contributed by atoms with Gasteiger partial charge in [0.25, 0.3) is 0 Å². The fourth-order valence-electron chi connectivity index (χ4n) is 3.59. The molecule has 0 amide bonds. The molecule has 2 bridgehead atoms. The molecule has 0 saturated carbocycles. The van der Waals surface area contributed by atoms with Gasteiger partial charge in [-0.3, -0.25) is 0 Å². The lowest BCUT2D eigenvalue weighted by Crippen LogP contribution is -2.49. The van der Waals surface area contributed by atoms with Crippen molar-refractivity contribution in [1.29, 1.82) is 0 Å². The van der Waals surface area contributed by atoms with Crippen molar-refractivity contribution >= 4 is 27.2 Å². The van der Waals surface area contributed by atoms with Gasteiger partial charge in [-0.2, -0.15) is 0 Å². The quantitative estimate of drug-likeness (QED) is 0.931. The Morgan fingerprint density at radius 3 is 3.00 bits per heavy atom. The van der Waals surface area contributed by atoms with Crippen molar-refractivity contribution in [3.05, 3.63) is 23.7 Å². The summed E-state index contributed by atoms with van der Waals surface area (Å²) >= 11 is 1.72. The molecule has 0 aliphatic carbocycles. The van der Waals surface area contributed by atoms with Crippen molar-refractivity contribution < 1.29 is 0 Å². The third kappa shape index (κ3) is 2.13. The van der Waals surface area contributed by atoms with Crippen LogP contribution in [0, 0.1) is 11.8 Å². The minimum atomic E-state index is 0.816. The minimum absolute atomic E-state index is 0.816. The zero-order valence-electron chi connectivity index (χ0n) is 11.0. The van der Waals surface area contributed by atoms with Gasteiger partial charge in [-0.05, 0) is 49.9 Å². The summed E-state index contributed by atoms with van der Waals surface area (Å²) in [4.78, 5) is 7.10. The molecule has 4 heterocycles. The molecule has 3 aliphatic heterocycles. The van der Waals surface area contributed by atoms with Gasteiger partial charge in [-0.15, -0.1) is 11.3 Å². The Morgan fingerprint density at radius 2 is 2.21 bits per heavy atom. The monoisotopic (exact) mass is 273 g/mol. The van der Waals surface area contributed by atoms with Gasteiger partial charge in [0.15, 0.2) is 0 Å². The summed E-state index contributed by atoms with van der Waals surface area (Å²) in [6.45, 7) is 5.02. The van der Waals surface area contributed by atoms with Crippen LogP contribution < -0.4 is 5.32 Å². The van der Waals surface area contributed by atoms with E-state index in [1.165, 1.54) is 42.9 Å². The van der Waals surface area contributed by atoms with Crippen molar-refractivity contribution in [2.45, 2.75) is 12.8 Å². The zero-order valence-corrected chi connectivity index (χ0v) is 11.8. The van der Waals surface area contributed by atoms with Crippen LogP contribution in [-0.2, 0) is 0 Å². The van der Waals surface area contributed by atoms with E-state index in [-0.39, 0.29) is 0 Å². The summed E-state index contributed by atoms with van der Waals surface area (Å²) in [6, 6.07) is 6.43. The van der Waals surface area contributed by atoms with E-state index >= 15 is 0 Å². The molecule has 0 spiro atoms. The molecule has 0 unspecified atom stereocenters. The van der Waals surface area contributed by atoms with Crippen LogP contribution >= 0.6 is 11.3 Å². The number of fused-ring (bicyclic) bond motifs is 4. The van der Waals surface area contributed by atoms with Crippen molar-refractivity contribution in [3.8, 4) is 0 Å². The first-order chi connectivity index (χ1) is 9.40. The largest absolute Gasteiger partial charge is 0.383 e. The number of hydrogen-bond donors (Lipinski definition) is 1. The van der Waals surface area contributed by atoms with E-state index in [4.69, 9.17) is 0 Å². The Bertz CT molecular complexity index is 572. The smallest absolute Gasteiger partial charge is 0.104 e. The number of anilines is 1. The first kappa shape index (κ1) is 11.7. The summed E-state index contributed by atoms with van der Waals surface area (Å²) in [6.07, 6.45) is 2.79. The predicted molar refractivity (Wildman–Crippen MR) is 80.8 cm³/mol. The molecule has 1 aromatic carbocycles. The molecule has 100 valence electrons. The van der Waals surface area contributed by atoms with E-state index in [1.54, 1.807) is 11.3 Å². The van der Waals surface area contributed by atoms with Gasteiger partial charge in [-0.25, -0.2) is 4.98 Å². The van der Waals surface area contributed by atoms with E-state index < -0.39 is 0 Å². The number of rotatable bonds is 3. The van der Waals surface area contributed by atoms with Gasteiger partial charge in [0.05, 0.1) is 15.9 Å². The summed E-state index contributed by atoms with van der Waals surface area (Å²) < 4.78 is 1.28. The third-order valence-corrected chi connectivity index (χ3v) is 5.50. The topological polar surface area (TPSA) is 28.2 Å². The van der Waals surface area contributed by atoms with Crippen LogP contribution in [0.4, 0.5) is 5.69 Å². The molecule has 1 N–H and O–H groups in total. The van der Waals surface area contributed by atoms with Gasteiger partial charge >= 0.3 is 0 Å².